The number of aromatic nitrogens is 3. The molecule has 0 aromatic carbocycles. The van der Waals surface area contributed by atoms with Gasteiger partial charge in [0.2, 0.25) is 0 Å². The molecule has 0 fully saturated rings. The molecular formula is C12H17N5O2. The lowest BCUT2D eigenvalue weighted by atomic mass is 10.2. The average molecular weight is 263 g/mol. The molecular weight excluding hydrogens is 246 g/mol. The molecule has 7 heteroatoms. The topological polar surface area (TPSA) is 85.8 Å². The molecule has 1 amide bonds. The molecule has 2 N–H and O–H groups in total. The predicted octanol–water partition coefficient (Wildman–Crippen LogP) is -0.225. The maximum Gasteiger partial charge on any atom is 0.257 e. The van der Waals surface area contributed by atoms with Gasteiger partial charge < -0.3 is 15.4 Å². The van der Waals surface area contributed by atoms with Gasteiger partial charge in [-0.1, -0.05) is 0 Å². The third-order valence-electron chi connectivity index (χ3n) is 2.79. The van der Waals surface area contributed by atoms with Crippen LogP contribution in [0.5, 0.6) is 0 Å². The molecule has 2 aromatic rings. The number of amides is 1. The Morgan fingerprint density at radius 1 is 1.58 bits per heavy atom. The summed E-state index contributed by atoms with van der Waals surface area (Å²) in [5, 5.41) is 4.11. The van der Waals surface area contributed by atoms with Crippen LogP contribution >= 0.6 is 0 Å². The summed E-state index contributed by atoms with van der Waals surface area (Å²) in [7, 11) is 3.29. The van der Waals surface area contributed by atoms with Crippen LogP contribution in [-0.2, 0) is 4.74 Å². The summed E-state index contributed by atoms with van der Waals surface area (Å²) in [5.74, 6) is -0.130. The van der Waals surface area contributed by atoms with Gasteiger partial charge in [0.25, 0.3) is 5.91 Å². The fourth-order valence-electron chi connectivity index (χ4n) is 1.91. The highest BCUT2D eigenvalue weighted by Gasteiger charge is 2.18. The molecule has 0 radical (unpaired) electrons. The van der Waals surface area contributed by atoms with Crippen molar-refractivity contribution < 1.29 is 9.53 Å². The van der Waals surface area contributed by atoms with Gasteiger partial charge in [-0.2, -0.15) is 5.10 Å². The van der Waals surface area contributed by atoms with Crippen LogP contribution in [0.1, 0.15) is 10.4 Å². The summed E-state index contributed by atoms with van der Waals surface area (Å²) in [4.78, 5) is 17.9. The van der Waals surface area contributed by atoms with E-state index in [0.29, 0.717) is 24.2 Å². The first-order chi connectivity index (χ1) is 9.13. The molecule has 0 saturated carbocycles. The van der Waals surface area contributed by atoms with Gasteiger partial charge in [-0.3, -0.25) is 9.78 Å². The van der Waals surface area contributed by atoms with Crippen molar-refractivity contribution in [3.8, 4) is 0 Å². The van der Waals surface area contributed by atoms with Crippen molar-refractivity contribution in [2.24, 2.45) is 5.73 Å². The Balaban J connectivity index is 2.15. The summed E-state index contributed by atoms with van der Waals surface area (Å²) in [6, 6.07) is -0.209. The zero-order valence-electron chi connectivity index (χ0n) is 11.0. The molecule has 0 bridgehead atoms. The Bertz CT molecular complexity index is 568. The highest BCUT2D eigenvalue weighted by molar-refractivity contribution is 6.00. The molecule has 2 heterocycles. The van der Waals surface area contributed by atoms with E-state index in [0.717, 1.165) is 0 Å². The molecule has 0 aliphatic heterocycles. The Labute approximate surface area is 111 Å². The smallest absolute Gasteiger partial charge is 0.257 e. The second kappa shape index (κ2) is 5.77. The summed E-state index contributed by atoms with van der Waals surface area (Å²) in [6.07, 6.45) is 6.47. The molecule has 1 unspecified atom stereocenters. The predicted molar refractivity (Wildman–Crippen MR) is 69.8 cm³/mol. The van der Waals surface area contributed by atoms with Crippen LogP contribution < -0.4 is 5.73 Å². The van der Waals surface area contributed by atoms with Gasteiger partial charge in [0.1, 0.15) is 0 Å². The van der Waals surface area contributed by atoms with Crippen molar-refractivity contribution in [3.05, 3.63) is 30.4 Å². The first-order valence-electron chi connectivity index (χ1n) is 5.91. The maximum absolute atomic E-state index is 12.3. The molecule has 19 heavy (non-hydrogen) atoms. The molecule has 2 aromatic heterocycles. The fraction of sp³-hybridized carbons (Fsp3) is 0.417. The molecule has 0 aliphatic rings. The number of nitrogens with zero attached hydrogens (tertiary/aromatic N) is 4. The summed E-state index contributed by atoms with van der Waals surface area (Å²) in [6.45, 7) is 0.832. The lowest BCUT2D eigenvalue weighted by Gasteiger charge is -2.20. The lowest BCUT2D eigenvalue weighted by Crippen LogP contribution is -2.41. The van der Waals surface area contributed by atoms with E-state index >= 15 is 0 Å². The van der Waals surface area contributed by atoms with Crippen molar-refractivity contribution in [2.45, 2.75) is 6.04 Å². The zero-order valence-corrected chi connectivity index (χ0v) is 11.0. The van der Waals surface area contributed by atoms with E-state index in [9.17, 15) is 4.79 Å². The number of methoxy groups -OCH3 is 1. The average Bonchev–Trinajstić information content (AvgIpc) is 2.81. The normalized spacial score (nSPS) is 12.6. The molecule has 7 nitrogen and oxygen atoms in total. The van der Waals surface area contributed by atoms with E-state index < -0.39 is 0 Å². The fourth-order valence-corrected chi connectivity index (χ4v) is 1.91. The van der Waals surface area contributed by atoms with Crippen LogP contribution in [-0.4, -0.2) is 58.8 Å². The molecule has 1 atom stereocenters. The summed E-state index contributed by atoms with van der Waals surface area (Å²) in [5.41, 5.74) is 7.03. The van der Waals surface area contributed by atoms with Crippen molar-refractivity contribution >= 4 is 11.4 Å². The van der Waals surface area contributed by atoms with Crippen LogP contribution in [0.3, 0.4) is 0 Å². The molecule has 2 rings (SSSR count). The number of carbonyl (C=O) groups excluding carboxylic acids is 1. The minimum Gasteiger partial charge on any atom is -0.383 e. The minimum atomic E-state index is -0.209. The van der Waals surface area contributed by atoms with E-state index in [1.54, 1.807) is 42.2 Å². The number of hydrogen-bond donors (Lipinski definition) is 1. The van der Waals surface area contributed by atoms with Crippen molar-refractivity contribution in [1.29, 1.82) is 0 Å². The van der Waals surface area contributed by atoms with Gasteiger partial charge in [0.05, 0.1) is 30.1 Å². The number of hydrogen-bond acceptors (Lipinski definition) is 5. The van der Waals surface area contributed by atoms with Gasteiger partial charge in [0, 0.05) is 39.1 Å². The Kier molecular flexibility index (Phi) is 4.08. The quantitative estimate of drug-likeness (QED) is 0.805. The highest BCUT2D eigenvalue weighted by Crippen LogP contribution is 2.11. The van der Waals surface area contributed by atoms with Gasteiger partial charge in [0.15, 0.2) is 0 Å². The van der Waals surface area contributed by atoms with Crippen LogP contribution in [0, 0.1) is 0 Å². The van der Waals surface area contributed by atoms with Crippen LogP contribution in [0.25, 0.3) is 5.52 Å². The number of rotatable bonds is 5. The van der Waals surface area contributed by atoms with E-state index in [1.165, 1.54) is 6.20 Å². The number of nitrogens with two attached hydrogens (primary N) is 1. The van der Waals surface area contributed by atoms with Crippen LogP contribution in [0.15, 0.2) is 24.8 Å². The number of likely N-dealkylation sites (N-methyl/N-ethyl adjacent to an activating group) is 1. The van der Waals surface area contributed by atoms with Gasteiger partial charge in [-0.15, -0.1) is 0 Å². The highest BCUT2D eigenvalue weighted by atomic mass is 16.5. The monoisotopic (exact) mass is 263 g/mol. The SMILES string of the molecule is COCC(N)CN(C)C(=O)c1cnn2ccncc12. The Morgan fingerprint density at radius 2 is 2.37 bits per heavy atom. The van der Waals surface area contributed by atoms with Crippen molar-refractivity contribution in [3.63, 3.8) is 0 Å². The Morgan fingerprint density at radius 3 is 3.11 bits per heavy atom. The first-order valence-corrected chi connectivity index (χ1v) is 5.91. The third kappa shape index (κ3) is 2.88. The van der Waals surface area contributed by atoms with Crippen LogP contribution in [0.2, 0.25) is 0 Å². The van der Waals surface area contributed by atoms with Gasteiger partial charge in [-0.25, -0.2) is 4.52 Å². The van der Waals surface area contributed by atoms with E-state index in [1.807, 2.05) is 0 Å². The second-order valence-corrected chi connectivity index (χ2v) is 4.37. The summed E-state index contributed by atoms with van der Waals surface area (Å²) >= 11 is 0. The lowest BCUT2D eigenvalue weighted by molar-refractivity contribution is 0.0766. The van der Waals surface area contributed by atoms with Crippen molar-refractivity contribution in [2.75, 3.05) is 27.3 Å². The van der Waals surface area contributed by atoms with Gasteiger partial charge >= 0.3 is 0 Å². The second-order valence-electron chi connectivity index (χ2n) is 4.37. The van der Waals surface area contributed by atoms with Crippen LogP contribution in [0.4, 0.5) is 0 Å². The number of fused-ring (bicyclic) bond motifs is 1. The number of ether oxygens (including phenoxy) is 1. The zero-order chi connectivity index (χ0) is 13.8. The van der Waals surface area contributed by atoms with E-state index in [4.69, 9.17) is 10.5 Å². The van der Waals surface area contributed by atoms with Crippen molar-refractivity contribution in [1.82, 2.24) is 19.5 Å². The number of carbonyl (C=O) groups is 1. The molecule has 0 saturated heterocycles. The third-order valence-corrected chi connectivity index (χ3v) is 2.79. The first kappa shape index (κ1) is 13.4. The molecule has 0 aliphatic carbocycles. The van der Waals surface area contributed by atoms with Gasteiger partial charge in [-0.05, 0) is 0 Å². The Hall–Kier alpha value is -1.99. The largest absolute Gasteiger partial charge is 0.383 e. The molecule has 0 spiro atoms. The maximum atomic E-state index is 12.3. The summed E-state index contributed by atoms with van der Waals surface area (Å²) < 4.78 is 6.57. The minimum absolute atomic E-state index is 0.130. The van der Waals surface area contributed by atoms with E-state index in [-0.39, 0.29) is 11.9 Å². The van der Waals surface area contributed by atoms with E-state index in [2.05, 4.69) is 10.1 Å². The molecule has 102 valence electrons. The standard InChI is InChI=1S/C12H17N5O2/c1-16(7-9(13)8-19-2)12(18)10-5-15-17-4-3-14-6-11(10)17/h3-6,9H,7-8,13H2,1-2H3.